The van der Waals surface area contributed by atoms with E-state index in [2.05, 4.69) is 10.2 Å². The molecule has 0 aliphatic carbocycles. The highest BCUT2D eigenvalue weighted by molar-refractivity contribution is 7.80. The minimum Gasteiger partial charge on any atom is -0.508 e. The van der Waals surface area contributed by atoms with Crippen LogP contribution < -0.4 is 10.2 Å². The van der Waals surface area contributed by atoms with Crippen molar-refractivity contribution in [1.82, 2.24) is 10.2 Å². The maximum atomic E-state index is 13.3. The standard InChI is InChI=1S/C19H24FN3OS/c1-22(2)13-5-12-21-19(25)23(17-10-8-16(20)9-11-17)14-15-6-3-4-7-18(15)24/h3-4,6-11,24H,5,12-14H2,1-2H3,(H,21,25). The van der Waals surface area contributed by atoms with Crippen LogP contribution in [0.2, 0.25) is 0 Å². The van der Waals surface area contributed by atoms with Gasteiger partial charge in [-0.05, 0) is 69.6 Å². The Balaban J connectivity index is 2.13. The highest BCUT2D eigenvalue weighted by Crippen LogP contribution is 2.23. The Bertz CT molecular complexity index is 691. The molecule has 0 fully saturated rings. The lowest BCUT2D eigenvalue weighted by atomic mass is 10.1. The van der Waals surface area contributed by atoms with E-state index >= 15 is 0 Å². The first-order chi connectivity index (χ1) is 12.0. The number of thiocarbonyl (C=S) groups is 1. The fourth-order valence-electron chi connectivity index (χ4n) is 2.40. The number of nitrogens with zero attached hydrogens (tertiary/aromatic N) is 2. The summed E-state index contributed by atoms with van der Waals surface area (Å²) in [6.45, 7) is 2.11. The largest absolute Gasteiger partial charge is 0.508 e. The zero-order valence-corrected chi connectivity index (χ0v) is 15.4. The van der Waals surface area contributed by atoms with Crippen LogP contribution in [-0.2, 0) is 6.54 Å². The minimum absolute atomic E-state index is 0.213. The highest BCUT2D eigenvalue weighted by Gasteiger charge is 2.14. The Morgan fingerprint density at radius 2 is 1.80 bits per heavy atom. The Morgan fingerprint density at radius 3 is 2.44 bits per heavy atom. The van der Waals surface area contributed by atoms with E-state index in [4.69, 9.17) is 12.2 Å². The molecule has 0 saturated heterocycles. The van der Waals surface area contributed by atoms with Gasteiger partial charge >= 0.3 is 0 Å². The van der Waals surface area contributed by atoms with E-state index in [1.807, 2.05) is 31.1 Å². The number of phenolic OH excluding ortho intramolecular Hbond substituents is 1. The molecule has 25 heavy (non-hydrogen) atoms. The van der Waals surface area contributed by atoms with Gasteiger partial charge in [0, 0.05) is 17.8 Å². The molecule has 6 heteroatoms. The van der Waals surface area contributed by atoms with E-state index in [1.165, 1.54) is 12.1 Å². The molecule has 0 heterocycles. The van der Waals surface area contributed by atoms with E-state index in [0.29, 0.717) is 11.7 Å². The molecule has 4 nitrogen and oxygen atoms in total. The van der Waals surface area contributed by atoms with Gasteiger partial charge in [-0.1, -0.05) is 18.2 Å². The number of hydrogen-bond donors (Lipinski definition) is 2. The van der Waals surface area contributed by atoms with Crippen LogP contribution in [0.15, 0.2) is 48.5 Å². The van der Waals surface area contributed by atoms with Gasteiger partial charge in [-0.15, -0.1) is 0 Å². The number of anilines is 1. The SMILES string of the molecule is CN(C)CCCNC(=S)N(Cc1ccccc1O)c1ccc(F)cc1. The first kappa shape index (κ1) is 19.1. The van der Waals surface area contributed by atoms with Crippen LogP contribution in [0, 0.1) is 5.82 Å². The number of rotatable bonds is 7. The highest BCUT2D eigenvalue weighted by atomic mass is 32.1. The van der Waals surface area contributed by atoms with Crippen LogP contribution >= 0.6 is 12.2 Å². The summed E-state index contributed by atoms with van der Waals surface area (Å²) in [7, 11) is 4.06. The molecule has 2 aromatic rings. The van der Waals surface area contributed by atoms with Crippen molar-refractivity contribution in [2.24, 2.45) is 0 Å². The van der Waals surface area contributed by atoms with Crippen LogP contribution in [0.1, 0.15) is 12.0 Å². The summed E-state index contributed by atoms with van der Waals surface area (Å²) in [6.07, 6.45) is 0.959. The summed E-state index contributed by atoms with van der Waals surface area (Å²) < 4.78 is 13.3. The lowest BCUT2D eigenvalue weighted by Gasteiger charge is -2.26. The molecule has 0 unspecified atom stereocenters. The molecule has 134 valence electrons. The van der Waals surface area contributed by atoms with Gasteiger partial charge in [-0.2, -0.15) is 0 Å². The molecule has 2 N–H and O–H groups in total. The fraction of sp³-hybridized carbons (Fsp3) is 0.316. The molecular formula is C19H24FN3OS. The molecular weight excluding hydrogens is 337 g/mol. The molecule has 0 aliphatic rings. The smallest absolute Gasteiger partial charge is 0.173 e. The van der Waals surface area contributed by atoms with Crippen molar-refractivity contribution in [1.29, 1.82) is 0 Å². The second-order valence-corrected chi connectivity index (χ2v) is 6.47. The molecule has 0 aliphatic heterocycles. The lowest BCUT2D eigenvalue weighted by Crippen LogP contribution is -2.40. The normalized spacial score (nSPS) is 10.7. The van der Waals surface area contributed by atoms with Crippen LogP contribution in [0.3, 0.4) is 0 Å². The van der Waals surface area contributed by atoms with Crippen molar-refractivity contribution < 1.29 is 9.50 Å². The van der Waals surface area contributed by atoms with Gasteiger partial charge in [0.1, 0.15) is 11.6 Å². The fourth-order valence-corrected chi connectivity index (χ4v) is 2.67. The van der Waals surface area contributed by atoms with E-state index in [1.54, 1.807) is 24.3 Å². The maximum Gasteiger partial charge on any atom is 0.173 e. The first-order valence-electron chi connectivity index (χ1n) is 8.20. The number of phenols is 1. The van der Waals surface area contributed by atoms with Gasteiger partial charge in [0.15, 0.2) is 5.11 Å². The van der Waals surface area contributed by atoms with Gasteiger partial charge in [0.05, 0.1) is 6.54 Å². The number of aromatic hydroxyl groups is 1. The summed E-state index contributed by atoms with van der Waals surface area (Å²) in [4.78, 5) is 3.98. The van der Waals surface area contributed by atoms with Crippen molar-refractivity contribution in [3.8, 4) is 5.75 Å². The Hall–Kier alpha value is -2.18. The molecule has 0 amide bonds. The first-order valence-corrected chi connectivity index (χ1v) is 8.60. The van der Waals surface area contributed by atoms with Crippen molar-refractivity contribution in [3.05, 3.63) is 59.9 Å². The summed E-state index contributed by atoms with van der Waals surface area (Å²) in [5.74, 6) is -0.0823. The van der Waals surface area contributed by atoms with Gasteiger partial charge in [-0.25, -0.2) is 4.39 Å². The second-order valence-electron chi connectivity index (χ2n) is 6.08. The summed E-state index contributed by atoms with van der Waals surface area (Å²) in [6, 6.07) is 13.3. The lowest BCUT2D eigenvalue weighted by molar-refractivity contribution is 0.400. The zero-order valence-electron chi connectivity index (χ0n) is 14.6. The van der Waals surface area contributed by atoms with Crippen LogP contribution in [0.4, 0.5) is 10.1 Å². The molecule has 2 rings (SSSR count). The number of para-hydroxylation sites is 1. The Morgan fingerprint density at radius 1 is 1.12 bits per heavy atom. The second kappa shape index (κ2) is 9.34. The third kappa shape index (κ3) is 5.99. The maximum absolute atomic E-state index is 13.3. The molecule has 0 atom stereocenters. The van der Waals surface area contributed by atoms with Crippen LogP contribution in [0.25, 0.3) is 0 Å². The number of nitrogens with one attached hydrogen (secondary N) is 1. The van der Waals surface area contributed by atoms with Crippen LogP contribution in [0.5, 0.6) is 5.75 Å². The topological polar surface area (TPSA) is 38.7 Å². The van der Waals surface area contributed by atoms with Gasteiger partial charge in [0.25, 0.3) is 0 Å². The van der Waals surface area contributed by atoms with E-state index in [9.17, 15) is 9.50 Å². The Labute approximate surface area is 153 Å². The average molecular weight is 361 g/mol. The van der Waals surface area contributed by atoms with Crippen molar-refractivity contribution in [2.45, 2.75) is 13.0 Å². The van der Waals surface area contributed by atoms with Gasteiger partial charge in [0.2, 0.25) is 0 Å². The molecule has 0 aromatic heterocycles. The molecule has 0 bridgehead atoms. The van der Waals surface area contributed by atoms with Crippen molar-refractivity contribution >= 4 is 23.0 Å². The third-order valence-corrected chi connectivity index (χ3v) is 4.13. The monoisotopic (exact) mass is 361 g/mol. The molecule has 2 aromatic carbocycles. The van der Waals surface area contributed by atoms with Gasteiger partial charge < -0.3 is 20.2 Å². The minimum atomic E-state index is -0.295. The number of benzene rings is 2. The molecule has 0 radical (unpaired) electrons. The Kier molecular flexibility index (Phi) is 7.16. The van der Waals surface area contributed by atoms with Crippen LogP contribution in [-0.4, -0.2) is 42.3 Å². The predicted molar refractivity (Wildman–Crippen MR) is 104 cm³/mol. The average Bonchev–Trinajstić information content (AvgIpc) is 2.58. The predicted octanol–water partition coefficient (Wildman–Crippen LogP) is 3.36. The van der Waals surface area contributed by atoms with E-state index in [-0.39, 0.29) is 11.6 Å². The van der Waals surface area contributed by atoms with Crippen molar-refractivity contribution in [2.75, 3.05) is 32.1 Å². The zero-order chi connectivity index (χ0) is 18.2. The van der Waals surface area contributed by atoms with E-state index in [0.717, 1.165) is 30.8 Å². The number of halogens is 1. The van der Waals surface area contributed by atoms with Gasteiger partial charge in [-0.3, -0.25) is 0 Å². The van der Waals surface area contributed by atoms with E-state index < -0.39 is 0 Å². The molecule has 0 spiro atoms. The summed E-state index contributed by atoms with van der Waals surface area (Å²) >= 11 is 5.54. The third-order valence-electron chi connectivity index (χ3n) is 3.76. The summed E-state index contributed by atoms with van der Waals surface area (Å²) in [5, 5.41) is 13.8. The number of hydrogen-bond acceptors (Lipinski definition) is 3. The van der Waals surface area contributed by atoms with Crippen molar-refractivity contribution in [3.63, 3.8) is 0 Å². The summed E-state index contributed by atoms with van der Waals surface area (Å²) in [5.41, 5.74) is 1.53. The molecule has 0 saturated carbocycles. The quantitative estimate of drug-likeness (QED) is 0.584.